The molecule has 2 aromatic heterocycles. The van der Waals surface area contributed by atoms with E-state index in [1.54, 1.807) is 0 Å². The van der Waals surface area contributed by atoms with Gasteiger partial charge in [-0.3, -0.25) is 4.90 Å². The molecule has 20 heavy (non-hydrogen) atoms. The molecular weight excluding hydrogens is 252 g/mol. The van der Waals surface area contributed by atoms with Crippen molar-refractivity contribution in [3.05, 3.63) is 18.6 Å². The molecule has 3 heterocycles. The van der Waals surface area contributed by atoms with Crippen molar-refractivity contribution in [2.24, 2.45) is 0 Å². The largest absolute Gasteiger partial charge is 0.372 e. The van der Waals surface area contributed by atoms with Crippen LogP contribution in [0, 0.1) is 0 Å². The Bertz CT molecular complexity index is 592. The first kappa shape index (κ1) is 13.2. The van der Waals surface area contributed by atoms with Crippen LogP contribution in [-0.4, -0.2) is 58.5 Å². The minimum absolute atomic E-state index is 0.545. The van der Waals surface area contributed by atoms with Gasteiger partial charge < -0.3 is 14.6 Å². The average molecular weight is 274 g/mol. The highest BCUT2D eigenvalue weighted by Crippen LogP contribution is 2.23. The second-order valence-electron chi connectivity index (χ2n) is 5.28. The van der Waals surface area contributed by atoms with Crippen LogP contribution in [0.15, 0.2) is 18.6 Å². The SMILES string of the molecule is CCN1CCN(c2nc(NC)cn3ccnc23)CC1C. The van der Waals surface area contributed by atoms with Gasteiger partial charge in [0, 0.05) is 45.1 Å². The second-order valence-corrected chi connectivity index (χ2v) is 5.28. The number of nitrogens with one attached hydrogen (secondary N) is 1. The minimum atomic E-state index is 0.545. The van der Waals surface area contributed by atoms with E-state index in [1.165, 1.54) is 0 Å². The number of rotatable bonds is 3. The normalized spacial score (nSPS) is 20.6. The standard InChI is InChI=1S/C14H22N6/c1-4-18-7-8-20(9-11(18)2)14-13-16-5-6-19(13)10-12(15-3)17-14/h5-6,10-11,15H,4,7-9H2,1-3H3. The summed E-state index contributed by atoms with van der Waals surface area (Å²) in [6.45, 7) is 8.68. The maximum absolute atomic E-state index is 4.71. The third-order valence-electron chi connectivity index (χ3n) is 4.08. The summed E-state index contributed by atoms with van der Waals surface area (Å²) in [4.78, 5) is 14.0. The monoisotopic (exact) mass is 274 g/mol. The Hall–Kier alpha value is -1.82. The Morgan fingerprint density at radius 3 is 2.95 bits per heavy atom. The molecule has 1 unspecified atom stereocenters. The fourth-order valence-corrected chi connectivity index (χ4v) is 2.91. The van der Waals surface area contributed by atoms with E-state index in [2.05, 4.69) is 33.9 Å². The van der Waals surface area contributed by atoms with E-state index in [0.717, 1.165) is 43.5 Å². The molecule has 6 nitrogen and oxygen atoms in total. The highest BCUT2D eigenvalue weighted by molar-refractivity contribution is 5.67. The van der Waals surface area contributed by atoms with Gasteiger partial charge in [0.25, 0.3) is 0 Å². The molecule has 1 atom stereocenters. The van der Waals surface area contributed by atoms with E-state index in [-0.39, 0.29) is 0 Å². The van der Waals surface area contributed by atoms with E-state index in [1.807, 2.05) is 30.0 Å². The number of imidazole rings is 1. The number of piperazine rings is 1. The van der Waals surface area contributed by atoms with Crippen molar-refractivity contribution in [3.63, 3.8) is 0 Å². The van der Waals surface area contributed by atoms with Gasteiger partial charge in [0.1, 0.15) is 5.82 Å². The van der Waals surface area contributed by atoms with Crippen molar-refractivity contribution in [1.29, 1.82) is 0 Å². The van der Waals surface area contributed by atoms with Gasteiger partial charge in [-0.1, -0.05) is 6.92 Å². The molecule has 108 valence electrons. The van der Waals surface area contributed by atoms with E-state index >= 15 is 0 Å². The Morgan fingerprint density at radius 1 is 1.40 bits per heavy atom. The van der Waals surface area contributed by atoms with Gasteiger partial charge in [0.2, 0.25) is 0 Å². The van der Waals surface area contributed by atoms with Crippen LogP contribution >= 0.6 is 0 Å². The molecule has 0 spiro atoms. The quantitative estimate of drug-likeness (QED) is 0.914. The molecule has 0 aliphatic carbocycles. The molecule has 1 fully saturated rings. The predicted octanol–water partition coefficient (Wildman–Crippen LogP) is 1.30. The first-order valence-corrected chi connectivity index (χ1v) is 7.23. The van der Waals surface area contributed by atoms with Crippen molar-refractivity contribution in [2.45, 2.75) is 19.9 Å². The number of fused-ring (bicyclic) bond motifs is 1. The lowest BCUT2D eigenvalue weighted by Crippen LogP contribution is -2.52. The molecule has 6 heteroatoms. The lowest BCUT2D eigenvalue weighted by atomic mass is 10.2. The summed E-state index contributed by atoms with van der Waals surface area (Å²) >= 11 is 0. The van der Waals surface area contributed by atoms with Crippen molar-refractivity contribution < 1.29 is 0 Å². The van der Waals surface area contributed by atoms with Gasteiger partial charge in [0.15, 0.2) is 11.5 Å². The fraction of sp³-hybridized carbons (Fsp3) is 0.571. The van der Waals surface area contributed by atoms with Gasteiger partial charge >= 0.3 is 0 Å². The van der Waals surface area contributed by atoms with E-state index in [4.69, 9.17) is 4.98 Å². The van der Waals surface area contributed by atoms with Crippen LogP contribution in [0.25, 0.3) is 5.65 Å². The first-order chi connectivity index (χ1) is 9.72. The van der Waals surface area contributed by atoms with Crippen molar-refractivity contribution >= 4 is 17.3 Å². The zero-order valence-corrected chi connectivity index (χ0v) is 12.4. The molecule has 2 aromatic rings. The summed E-state index contributed by atoms with van der Waals surface area (Å²) in [5, 5.41) is 3.12. The Labute approximate surface area is 119 Å². The summed E-state index contributed by atoms with van der Waals surface area (Å²) in [5.74, 6) is 1.85. The minimum Gasteiger partial charge on any atom is -0.372 e. The molecule has 0 radical (unpaired) electrons. The molecule has 0 saturated carbocycles. The number of aromatic nitrogens is 3. The van der Waals surface area contributed by atoms with Gasteiger partial charge in [-0.2, -0.15) is 0 Å². The Morgan fingerprint density at radius 2 is 2.25 bits per heavy atom. The third-order valence-corrected chi connectivity index (χ3v) is 4.08. The van der Waals surface area contributed by atoms with Gasteiger partial charge in [-0.15, -0.1) is 0 Å². The van der Waals surface area contributed by atoms with Crippen molar-refractivity contribution in [2.75, 3.05) is 43.4 Å². The number of hydrogen-bond acceptors (Lipinski definition) is 5. The average Bonchev–Trinajstić information content (AvgIpc) is 2.94. The summed E-state index contributed by atoms with van der Waals surface area (Å²) in [6.07, 6.45) is 5.76. The van der Waals surface area contributed by atoms with E-state index < -0.39 is 0 Å². The van der Waals surface area contributed by atoms with E-state index in [0.29, 0.717) is 6.04 Å². The molecule has 1 N–H and O–H groups in total. The topological polar surface area (TPSA) is 48.7 Å². The molecule has 1 aliphatic heterocycles. The number of anilines is 2. The molecular formula is C14H22N6. The predicted molar refractivity (Wildman–Crippen MR) is 81.5 cm³/mol. The number of hydrogen-bond donors (Lipinski definition) is 1. The van der Waals surface area contributed by atoms with Gasteiger partial charge in [0.05, 0.1) is 6.20 Å². The van der Waals surface area contributed by atoms with Crippen LogP contribution in [0.5, 0.6) is 0 Å². The lowest BCUT2D eigenvalue weighted by molar-refractivity contribution is 0.199. The first-order valence-electron chi connectivity index (χ1n) is 7.23. The fourth-order valence-electron chi connectivity index (χ4n) is 2.91. The van der Waals surface area contributed by atoms with Crippen LogP contribution in [0.4, 0.5) is 11.6 Å². The second kappa shape index (κ2) is 5.28. The van der Waals surface area contributed by atoms with E-state index in [9.17, 15) is 0 Å². The van der Waals surface area contributed by atoms with Crippen LogP contribution in [-0.2, 0) is 0 Å². The summed E-state index contributed by atoms with van der Waals surface area (Å²) in [5.41, 5.74) is 0.932. The van der Waals surface area contributed by atoms with Crippen LogP contribution in [0.1, 0.15) is 13.8 Å². The molecule has 1 saturated heterocycles. The van der Waals surface area contributed by atoms with Crippen LogP contribution in [0.2, 0.25) is 0 Å². The Balaban J connectivity index is 1.95. The highest BCUT2D eigenvalue weighted by Gasteiger charge is 2.25. The third kappa shape index (κ3) is 2.20. The van der Waals surface area contributed by atoms with Crippen LogP contribution < -0.4 is 10.2 Å². The number of likely N-dealkylation sites (N-methyl/N-ethyl adjacent to an activating group) is 1. The number of nitrogens with zero attached hydrogens (tertiary/aromatic N) is 5. The van der Waals surface area contributed by atoms with Crippen molar-refractivity contribution in [3.8, 4) is 0 Å². The molecule has 3 rings (SSSR count). The van der Waals surface area contributed by atoms with Crippen LogP contribution in [0.3, 0.4) is 0 Å². The zero-order chi connectivity index (χ0) is 14.1. The molecule has 1 aliphatic rings. The molecule has 0 amide bonds. The zero-order valence-electron chi connectivity index (χ0n) is 12.4. The van der Waals surface area contributed by atoms with Gasteiger partial charge in [-0.25, -0.2) is 9.97 Å². The lowest BCUT2D eigenvalue weighted by Gasteiger charge is -2.39. The highest BCUT2D eigenvalue weighted by atomic mass is 15.3. The molecule has 0 bridgehead atoms. The van der Waals surface area contributed by atoms with Gasteiger partial charge in [-0.05, 0) is 13.5 Å². The Kier molecular flexibility index (Phi) is 3.48. The summed E-state index contributed by atoms with van der Waals surface area (Å²) < 4.78 is 2.03. The summed E-state index contributed by atoms with van der Waals surface area (Å²) in [7, 11) is 1.90. The maximum Gasteiger partial charge on any atom is 0.180 e. The molecule has 0 aromatic carbocycles. The summed E-state index contributed by atoms with van der Waals surface area (Å²) in [6, 6.07) is 0.545. The smallest absolute Gasteiger partial charge is 0.180 e. The van der Waals surface area contributed by atoms with Crippen molar-refractivity contribution in [1.82, 2.24) is 19.3 Å². The maximum atomic E-state index is 4.71.